The molecule has 1 fully saturated rings. The van der Waals surface area contributed by atoms with Crippen molar-refractivity contribution in [2.45, 2.75) is 25.7 Å². The lowest BCUT2D eigenvalue weighted by Gasteiger charge is -2.30. The normalized spacial score (nSPS) is 24.4. The summed E-state index contributed by atoms with van der Waals surface area (Å²) in [6.07, 6.45) is 6.09. The number of carbonyl (C=O) groups excluding carboxylic acids is 1. The third-order valence-corrected chi connectivity index (χ3v) is 2.83. The molecule has 1 aliphatic carbocycles. The standard InChI is InChI=1S/C11H17NO2/c13-11-5-3-1-2-4-10(11)12-6-8-14-9-7-12/h4H,1-3,5-9H2. The van der Waals surface area contributed by atoms with E-state index in [-0.39, 0.29) is 0 Å². The van der Waals surface area contributed by atoms with Crippen LogP contribution in [0.15, 0.2) is 11.8 Å². The molecule has 0 bridgehead atoms. The van der Waals surface area contributed by atoms with E-state index in [4.69, 9.17) is 4.74 Å². The molecule has 0 atom stereocenters. The van der Waals surface area contributed by atoms with Gasteiger partial charge in [-0.25, -0.2) is 0 Å². The largest absolute Gasteiger partial charge is 0.378 e. The number of rotatable bonds is 1. The van der Waals surface area contributed by atoms with Crippen molar-refractivity contribution in [2.24, 2.45) is 0 Å². The number of hydrogen-bond acceptors (Lipinski definition) is 3. The van der Waals surface area contributed by atoms with Gasteiger partial charge in [0.2, 0.25) is 0 Å². The first-order valence-corrected chi connectivity index (χ1v) is 5.44. The number of carbonyl (C=O) groups is 1. The molecule has 3 heteroatoms. The molecule has 3 nitrogen and oxygen atoms in total. The van der Waals surface area contributed by atoms with Crippen LogP contribution in [0, 0.1) is 0 Å². The molecule has 0 saturated carbocycles. The Balaban J connectivity index is 2.05. The Kier molecular flexibility index (Phi) is 3.19. The maximum absolute atomic E-state index is 11.8. The third-order valence-electron chi connectivity index (χ3n) is 2.83. The molecule has 1 heterocycles. The van der Waals surface area contributed by atoms with Gasteiger partial charge in [0.25, 0.3) is 0 Å². The average Bonchev–Trinajstić information content (AvgIpc) is 2.44. The minimum Gasteiger partial charge on any atom is -0.378 e. The molecule has 0 amide bonds. The summed E-state index contributed by atoms with van der Waals surface area (Å²) in [4.78, 5) is 13.9. The molecule has 14 heavy (non-hydrogen) atoms. The molecule has 2 rings (SSSR count). The summed E-state index contributed by atoms with van der Waals surface area (Å²) >= 11 is 0. The van der Waals surface area contributed by atoms with Crippen LogP contribution in [0.1, 0.15) is 25.7 Å². The van der Waals surface area contributed by atoms with Crippen LogP contribution in [0.5, 0.6) is 0 Å². The predicted molar refractivity (Wildman–Crippen MR) is 54.0 cm³/mol. The van der Waals surface area contributed by atoms with Crippen LogP contribution in [0.2, 0.25) is 0 Å². The Morgan fingerprint density at radius 1 is 1.21 bits per heavy atom. The van der Waals surface area contributed by atoms with Crippen molar-refractivity contribution in [3.63, 3.8) is 0 Å². The Labute approximate surface area is 84.7 Å². The summed E-state index contributed by atoms with van der Waals surface area (Å²) < 4.78 is 5.28. The molecule has 1 aliphatic heterocycles. The van der Waals surface area contributed by atoms with E-state index in [0.29, 0.717) is 5.78 Å². The van der Waals surface area contributed by atoms with E-state index in [1.807, 2.05) is 0 Å². The first kappa shape index (κ1) is 9.71. The van der Waals surface area contributed by atoms with Crippen LogP contribution in [0.25, 0.3) is 0 Å². The fourth-order valence-corrected chi connectivity index (χ4v) is 2.02. The molecule has 0 N–H and O–H groups in total. The molecule has 0 aromatic carbocycles. The highest BCUT2D eigenvalue weighted by Gasteiger charge is 2.20. The topological polar surface area (TPSA) is 29.5 Å². The zero-order valence-electron chi connectivity index (χ0n) is 8.50. The SMILES string of the molecule is O=C1CCCCC=C1N1CCOCC1. The van der Waals surface area contributed by atoms with Gasteiger partial charge in [0.15, 0.2) is 5.78 Å². The molecule has 0 aromatic heterocycles. The Bertz CT molecular complexity index is 242. The number of morpholine rings is 1. The maximum Gasteiger partial charge on any atom is 0.178 e. The fourth-order valence-electron chi connectivity index (χ4n) is 2.02. The van der Waals surface area contributed by atoms with Gasteiger partial charge in [-0.15, -0.1) is 0 Å². The monoisotopic (exact) mass is 195 g/mol. The average molecular weight is 195 g/mol. The van der Waals surface area contributed by atoms with E-state index in [9.17, 15) is 4.79 Å². The second-order valence-electron chi connectivity index (χ2n) is 3.86. The number of hydrogen-bond donors (Lipinski definition) is 0. The molecule has 1 saturated heterocycles. The van der Waals surface area contributed by atoms with E-state index < -0.39 is 0 Å². The Morgan fingerprint density at radius 2 is 2.00 bits per heavy atom. The van der Waals surface area contributed by atoms with Gasteiger partial charge in [0.1, 0.15) is 0 Å². The Hall–Kier alpha value is -0.830. The van der Waals surface area contributed by atoms with E-state index in [1.165, 1.54) is 0 Å². The van der Waals surface area contributed by atoms with Gasteiger partial charge in [-0.1, -0.05) is 6.08 Å². The lowest BCUT2D eigenvalue weighted by Crippen LogP contribution is -2.37. The van der Waals surface area contributed by atoms with Gasteiger partial charge in [-0.05, 0) is 19.3 Å². The van der Waals surface area contributed by atoms with Crippen LogP contribution in [-0.2, 0) is 9.53 Å². The number of Topliss-reactive ketones (excluding diaryl/α,β-unsaturated/α-hetero) is 1. The summed E-state index contributed by atoms with van der Waals surface area (Å²) in [5.74, 6) is 0.324. The van der Waals surface area contributed by atoms with Gasteiger partial charge in [0, 0.05) is 19.5 Å². The summed E-state index contributed by atoms with van der Waals surface area (Å²) in [7, 11) is 0. The molecule has 0 spiro atoms. The van der Waals surface area contributed by atoms with Gasteiger partial charge < -0.3 is 9.64 Å². The lowest BCUT2D eigenvalue weighted by molar-refractivity contribution is -0.117. The van der Waals surface area contributed by atoms with Crippen molar-refractivity contribution in [2.75, 3.05) is 26.3 Å². The van der Waals surface area contributed by atoms with Crippen molar-refractivity contribution < 1.29 is 9.53 Å². The highest BCUT2D eigenvalue weighted by Crippen LogP contribution is 2.18. The third kappa shape index (κ3) is 2.15. The number of nitrogens with zero attached hydrogens (tertiary/aromatic N) is 1. The maximum atomic E-state index is 11.8. The van der Waals surface area contributed by atoms with Gasteiger partial charge in [-0.3, -0.25) is 4.79 Å². The fraction of sp³-hybridized carbons (Fsp3) is 0.727. The summed E-state index contributed by atoms with van der Waals surface area (Å²) in [6.45, 7) is 3.25. The lowest BCUT2D eigenvalue weighted by atomic mass is 10.1. The van der Waals surface area contributed by atoms with E-state index in [0.717, 1.165) is 57.7 Å². The van der Waals surface area contributed by atoms with Crippen LogP contribution in [0.3, 0.4) is 0 Å². The van der Waals surface area contributed by atoms with Crippen molar-refractivity contribution in [1.29, 1.82) is 0 Å². The minimum atomic E-state index is 0.324. The molecular formula is C11H17NO2. The number of allylic oxidation sites excluding steroid dienone is 2. The second kappa shape index (κ2) is 4.60. The first-order chi connectivity index (χ1) is 6.88. The zero-order chi connectivity index (χ0) is 9.80. The quantitative estimate of drug-likeness (QED) is 0.632. The molecule has 0 radical (unpaired) electrons. The number of ketones is 1. The van der Waals surface area contributed by atoms with E-state index in [2.05, 4.69) is 11.0 Å². The summed E-state index contributed by atoms with van der Waals surface area (Å²) in [5, 5.41) is 0. The van der Waals surface area contributed by atoms with Crippen LogP contribution >= 0.6 is 0 Å². The Morgan fingerprint density at radius 3 is 2.79 bits per heavy atom. The van der Waals surface area contributed by atoms with Crippen molar-refractivity contribution >= 4 is 5.78 Å². The molecular weight excluding hydrogens is 178 g/mol. The molecule has 78 valence electrons. The van der Waals surface area contributed by atoms with Crippen molar-refractivity contribution in [3.05, 3.63) is 11.8 Å². The highest BCUT2D eigenvalue weighted by atomic mass is 16.5. The van der Waals surface area contributed by atoms with Crippen LogP contribution in [0.4, 0.5) is 0 Å². The zero-order valence-corrected chi connectivity index (χ0v) is 8.50. The van der Waals surface area contributed by atoms with E-state index in [1.54, 1.807) is 0 Å². The van der Waals surface area contributed by atoms with Crippen LogP contribution in [-0.4, -0.2) is 37.0 Å². The van der Waals surface area contributed by atoms with Gasteiger partial charge >= 0.3 is 0 Å². The smallest absolute Gasteiger partial charge is 0.178 e. The summed E-state index contributed by atoms with van der Waals surface area (Å²) in [6, 6.07) is 0. The van der Waals surface area contributed by atoms with Crippen molar-refractivity contribution in [3.8, 4) is 0 Å². The van der Waals surface area contributed by atoms with Gasteiger partial charge in [-0.2, -0.15) is 0 Å². The second-order valence-corrected chi connectivity index (χ2v) is 3.86. The van der Waals surface area contributed by atoms with E-state index >= 15 is 0 Å². The van der Waals surface area contributed by atoms with Crippen LogP contribution < -0.4 is 0 Å². The number of ether oxygens (including phenoxy) is 1. The van der Waals surface area contributed by atoms with Crippen molar-refractivity contribution in [1.82, 2.24) is 4.90 Å². The molecule has 0 aromatic rings. The van der Waals surface area contributed by atoms with Gasteiger partial charge in [0.05, 0.1) is 18.9 Å². The highest BCUT2D eigenvalue weighted by molar-refractivity contribution is 5.94. The molecule has 2 aliphatic rings. The summed E-state index contributed by atoms with van der Waals surface area (Å²) in [5.41, 5.74) is 0.950. The first-order valence-electron chi connectivity index (χ1n) is 5.44. The minimum absolute atomic E-state index is 0.324. The predicted octanol–water partition coefficient (Wildman–Crippen LogP) is 1.35. The molecule has 0 unspecified atom stereocenters.